The molecule has 0 spiro atoms. The summed E-state index contributed by atoms with van der Waals surface area (Å²) in [7, 11) is 1.32. The summed E-state index contributed by atoms with van der Waals surface area (Å²) in [6.07, 6.45) is 35.6. The molecular formula is C39H76NO7P. The van der Waals surface area contributed by atoms with E-state index in [1.165, 1.54) is 103 Å². The Balaban J connectivity index is 4.36. The minimum absolute atomic E-state index is 0.0162. The van der Waals surface area contributed by atoms with Crippen LogP contribution in [-0.4, -0.2) is 64.1 Å². The van der Waals surface area contributed by atoms with Crippen LogP contribution in [0.4, 0.5) is 0 Å². The molecule has 9 heteroatoms. The number of carbonyl (C=O) groups is 1. The Morgan fingerprint density at radius 3 is 1.65 bits per heavy atom. The van der Waals surface area contributed by atoms with Gasteiger partial charge in [-0.3, -0.25) is 9.36 Å². The summed E-state index contributed by atoms with van der Waals surface area (Å²) >= 11 is 0. The van der Waals surface area contributed by atoms with Crippen LogP contribution < -0.4 is 4.89 Å². The second-order valence-electron chi connectivity index (χ2n) is 14.4. The van der Waals surface area contributed by atoms with Crippen molar-refractivity contribution in [2.45, 2.75) is 174 Å². The number of hydrogen-bond acceptors (Lipinski definition) is 7. The molecule has 284 valence electrons. The maximum Gasteiger partial charge on any atom is 0.306 e. The van der Waals surface area contributed by atoms with Gasteiger partial charge in [-0.15, -0.1) is 0 Å². The molecule has 0 saturated heterocycles. The molecule has 1 unspecified atom stereocenters. The van der Waals surface area contributed by atoms with Gasteiger partial charge < -0.3 is 27.9 Å². The molecule has 0 saturated carbocycles. The standard InChI is InChI=1S/C39H76NO7P/c1-6-8-10-12-14-16-18-20-21-23-25-27-29-31-34-44-36-38(37-46-48(42,43)45-35-33-40(3,4)5)47-39(41)32-30-28-26-24-22-19-17-15-13-11-9-7-2/h15,17,31,34,38H,6-14,16,18-30,32-33,35-37H2,1-5H3/b17-15-,34-31-/t38-/m1/s1. The van der Waals surface area contributed by atoms with Crippen LogP contribution in [0.2, 0.25) is 0 Å². The van der Waals surface area contributed by atoms with Crippen LogP contribution >= 0.6 is 7.82 Å². The number of rotatable bonds is 36. The quantitative estimate of drug-likeness (QED) is 0.0160. The number of allylic oxidation sites excluding steroid dienone is 3. The number of esters is 1. The SMILES string of the molecule is CCCCC/C=C\CCCCCCCC(=O)O[C@H](CO/C=C\CCCCCCCCCCCCCC)COP(=O)([O-])OCC[N+](C)(C)C. The molecule has 48 heavy (non-hydrogen) atoms. The lowest BCUT2D eigenvalue weighted by molar-refractivity contribution is -0.870. The van der Waals surface area contributed by atoms with Crippen LogP contribution in [-0.2, 0) is 27.9 Å². The highest BCUT2D eigenvalue weighted by Crippen LogP contribution is 2.38. The van der Waals surface area contributed by atoms with Gasteiger partial charge in [0.25, 0.3) is 7.82 Å². The van der Waals surface area contributed by atoms with E-state index in [1.807, 2.05) is 27.2 Å². The van der Waals surface area contributed by atoms with Gasteiger partial charge in [0.15, 0.2) is 6.10 Å². The predicted molar refractivity (Wildman–Crippen MR) is 199 cm³/mol. The first kappa shape index (κ1) is 46.8. The first-order chi connectivity index (χ1) is 23.1. The van der Waals surface area contributed by atoms with Gasteiger partial charge in [-0.2, -0.15) is 0 Å². The number of ether oxygens (including phenoxy) is 2. The second kappa shape index (κ2) is 33.0. The highest BCUT2D eigenvalue weighted by atomic mass is 31.2. The van der Waals surface area contributed by atoms with E-state index in [1.54, 1.807) is 6.26 Å². The van der Waals surface area contributed by atoms with E-state index in [0.29, 0.717) is 11.0 Å². The van der Waals surface area contributed by atoms with Crippen molar-refractivity contribution in [2.24, 2.45) is 0 Å². The smallest absolute Gasteiger partial charge is 0.306 e. The van der Waals surface area contributed by atoms with E-state index in [2.05, 4.69) is 26.0 Å². The molecule has 0 fully saturated rings. The number of phosphoric ester groups is 1. The maximum atomic E-state index is 12.6. The Hall–Kier alpha value is -1.18. The zero-order valence-electron chi connectivity index (χ0n) is 31.9. The summed E-state index contributed by atoms with van der Waals surface area (Å²) < 4.78 is 34.2. The summed E-state index contributed by atoms with van der Waals surface area (Å²) in [4.78, 5) is 24.9. The van der Waals surface area contributed by atoms with Gasteiger partial charge in [0, 0.05) is 6.42 Å². The molecule has 0 bridgehead atoms. The van der Waals surface area contributed by atoms with E-state index < -0.39 is 13.9 Å². The minimum Gasteiger partial charge on any atom is -0.756 e. The van der Waals surface area contributed by atoms with Crippen molar-refractivity contribution in [3.63, 3.8) is 0 Å². The van der Waals surface area contributed by atoms with Crippen molar-refractivity contribution in [1.29, 1.82) is 0 Å². The van der Waals surface area contributed by atoms with Gasteiger partial charge in [-0.05, 0) is 51.0 Å². The summed E-state index contributed by atoms with van der Waals surface area (Å²) in [5.74, 6) is -0.366. The normalized spacial score (nSPS) is 14.1. The van der Waals surface area contributed by atoms with Gasteiger partial charge in [0.05, 0.1) is 34.0 Å². The number of quaternary nitrogens is 1. The number of phosphoric acid groups is 1. The van der Waals surface area contributed by atoms with Crippen LogP contribution in [0.5, 0.6) is 0 Å². The molecule has 8 nitrogen and oxygen atoms in total. The molecule has 0 N–H and O–H groups in total. The molecule has 0 aromatic heterocycles. The van der Waals surface area contributed by atoms with Crippen molar-refractivity contribution in [2.75, 3.05) is 47.5 Å². The van der Waals surface area contributed by atoms with E-state index in [-0.39, 0.29) is 32.2 Å². The lowest BCUT2D eigenvalue weighted by Crippen LogP contribution is -2.37. The van der Waals surface area contributed by atoms with Gasteiger partial charge in [-0.25, -0.2) is 0 Å². The number of likely N-dealkylation sites (N-methyl/N-ethyl adjacent to an activating group) is 1. The van der Waals surface area contributed by atoms with E-state index in [9.17, 15) is 14.3 Å². The fourth-order valence-corrected chi connectivity index (χ4v) is 5.94. The summed E-state index contributed by atoms with van der Waals surface area (Å²) in [5, 5.41) is 0. The maximum absolute atomic E-state index is 12.6. The largest absolute Gasteiger partial charge is 0.756 e. The molecule has 0 radical (unpaired) electrons. The lowest BCUT2D eigenvalue weighted by atomic mass is 10.0. The molecule has 2 atom stereocenters. The molecule has 0 amide bonds. The van der Waals surface area contributed by atoms with Crippen LogP contribution in [0.25, 0.3) is 0 Å². The highest BCUT2D eigenvalue weighted by molar-refractivity contribution is 7.45. The first-order valence-electron chi connectivity index (χ1n) is 19.6. The van der Waals surface area contributed by atoms with Gasteiger partial charge in [0.2, 0.25) is 0 Å². The highest BCUT2D eigenvalue weighted by Gasteiger charge is 2.20. The van der Waals surface area contributed by atoms with Crippen molar-refractivity contribution < 1.29 is 37.3 Å². The zero-order chi connectivity index (χ0) is 35.6. The molecule has 0 aliphatic carbocycles. The molecule has 0 rings (SSSR count). The van der Waals surface area contributed by atoms with Crippen LogP contribution in [0.1, 0.15) is 168 Å². The second-order valence-corrected chi connectivity index (χ2v) is 15.8. The third-order valence-corrected chi connectivity index (χ3v) is 9.28. The molecule has 0 heterocycles. The Kier molecular flexibility index (Phi) is 32.2. The summed E-state index contributed by atoms with van der Waals surface area (Å²) in [5.41, 5.74) is 0. The molecule has 0 aliphatic heterocycles. The lowest BCUT2D eigenvalue weighted by Gasteiger charge is -2.28. The zero-order valence-corrected chi connectivity index (χ0v) is 32.8. The van der Waals surface area contributed by atoms with Gasteiger partial charge >= 0.3 is 5.97 Å². The monoisotopic (exact) mass is 702 g/mol. The van der Waals surface area contributed by atoms with Crippen molar-refractivity contribution in [3.05, 3.63) is 24.5 Å². The number of nitrogens with zero attached hydrogens (tertiary/aromatic N) is 1. The number of hydrogen-bond donors (Lipinski definition) is 0. The number of unbranched alkanes of at least 4 members (excludes halogenated alkanes) is 20. The number of carbonyl (C=O) groups excluding carboxylic acids is 1. The Labute approximate surface area is 296 Å². The minimum atomic E-state index is -4.53. The topological polar surface area (TPSA) is 94.1 Å². The average molecular weight is 702 g/mol. The van der Waals surface area contributed by atoms with Crippen LogP contribution in [0.3, 0.4) is 0 Å². The van der Waals surface area contributed by atoms with E-state index in [0.717, 1.165) is 44.9 Å². The summed E-state index contributed by atoms with van der Waals surface area (Å²) in [6.45, 7) is 4.70. The van der Waals surface area contributed by atoms with Crippen LogP contribution in [0, 0.1) is 0 Å². The predicted octanol–water partition coefficient (Wildman–Crippen LogP) is 10.6. The van der Waals surface area contributed by atoms with E-state index in [4.69, 9.17) is 18.5 Å². The average Bonchev–Trinajstić information content (AvgIpc) is 3.03. The Morgan fingerprint density at radius 1 is 0.646 bits per heavy atom. The molecule has 0 aliphatic rings. The molecule has 0 aromatic rings. The fraction of sp³-hybridized carbons (Fsp3) is 0.872. The van der Waals surface area contributed by atoms with Crippen molar-refractivity contribution in [3.8, 4) is 0 Å². The van der Waals surface area contributed by atoms with E-state index >= 15 is 0 Å². The third kappa shape index (κ3) is 36.1. The van der Waals surface area contributed by atoms with Crippen LogP contribution in [0.15, 0.2) is 24.5 Å². The van der Waals surface area contributed by atoms with Gasteiger partial charge in [-0.1, -0.05) is 129 Å². The van der Waals surface area contributed by atoms with Gasteiger partial charge in [0.1, 0.15) is 19.8 Å². The first-order valence-corrected chi connectivity index (χ1v) is 21.1. The summed E-state index contributed by atoms with van der Waals surface area (Å²) in [6, 6.07) is 0. The molecule has 0 aromatic carbocycles. The van der Waals surface area contributed by atoms with Crippen molar-refractivity contribution in [1.82, 2.24) is 0 Å². The Morgan fingerprint density at radius 2 is 1.10 bits per heavy atom. The third-order valence-electron chi connectivity index (χ3n) is 8.32. The fourth-order valence-electron chi connectivity index (χ4n) is 5.21. The van der Waals surface area contributed by atoms with Crippen molar-refractivity contribution >= 4 is 13.8 Å². The molecular weight excluding hydrogens is 625 g/mol. The Bertz CT molecular complexity index is 828.